The molecule has 4 rings (SSSR count). The molecule has 29 heavy (non-hydrogen) atoms. The number of carbonyl (C=O) groups is 1. The maximum absolute atomic E-state index is 12.9. The molecule has 1 amide bonds. The first-order valence-electron chi connectivity index (χ1n) is 8.79. The summed E-state index contributed by atoms with van der Waals surface area (Å²) in [5, 5.41) is 7.15. The number of furan rings is 1. The van der Waals surface area contributed by atoms with Gasteiger partial charge in [0.25, 0.3) is 5.91 Å². The molecule has 2 N–H and O–H groups in total. The van der Waals surface area contributed by atoms with E-state index < -0.39 is 17.7 Å². The van der Waals surface area contributed by atoms with Gasteiger partial charge in [-0.1, -0.05) is 58.7 Å². The van der Waals surface area contributed by atoms with Crippen LogP contribution in [0.5, 0.6) is 0 Å². The Morgan fingerprint density at radius 2 is 1.90 bits per heavy atom. The van der Waals surface area contributed by atoms with Gasteiger partial charge in [0.05, 0.1) is 6.04 Å². The summed E-state index contributed by atoms with van der Waals surface area (Å²) in [5.41, 5.74) is 2.88. The monoisotopic (exact) mass is 409 g/mol. The fourth-order valence-electron chi connectivity index (χ4n) is 2.99. The standard InChI is InChI=1S/C21H16ClN3O4/c1-12-3-2-4-14(11-12)18(13-5-7-15(22)8-6-13)23-20(26)17-10-9-16(28-17)19-24-21(27)29-25-19/h2-11,18H,1H3,(H,23,26)(H,24,25,27). The molecule has 4 aromatic rings. The molecular weight excluding hydrogens is 394 g/mol. The first-order valence-corrected chi connectivity index (χ1v) is 9.16. The van der Waals surface area contributed by atoms with Crippen LogP contribution < -0.4 is 11.1 Å². The lowest BCUT2D eigenvalue weighted by molar-refractivity contribution is 0.0915. The molecule has 2 aromatic carbocycles. The fourth-order valence-corrected chi connectivity index (χ4v) is 3.12. The molecule has 2 aromatic heterocycles. The molecule has 7 nitrogen and oxygen atoms in total. The molecule has 1 unspecified atom stereocenters. The number of aryl methyl sites for hydroxylation is 1. The Hall–Kier alpha value is -3.58. The summed E-state index contributed by atoms with van der Waals surface area (Å²) in [6, 6.07) is 17.8. The predicted molar refractivity (Wildman–Crippen MR) is 107 cm³/mol. The van der Waals surface area contributed by atoms with Crippen molar-refractivity contribution >= 4 is 17.5 Å². The van der Waals surface area contributed by atoms with Crippen molar-refractivity contribution in [3.05, 3.63) is 98.7 Å². The Morgan fingerprint density at radius 1 is 1.10 bits per heavy atom. The van der Waals surface area contributed by atoms with Crippen LogP contribution in [0.15, 0.2) is 74.4 Å². The fraction of sp³-hybridized carbons (Fsp3) is 0.0952. The Bertz CT molecular complexity index is 1210. The average molecular weight is 410 g/mol. The zero-order chi connectivity index (χ0) is 20.4. The molecular formula is C21H16ClN3O4. The molecule has 146 valence electrons. The van der Waals surface area contributed by atoms with Crippen molar-refractivity contribution in [3.63, 3.8) is 0 Å². The van der Waals surface area contributed by atoms with Crippen LogP contribution in [0.1, 0.15) is 33.3 Å². The lowest BCUT2D eigenvalue weighted by atomic mass is 9.97. The number of amides is 1. The van der Waals surface area contributed by atoms with Crippen molar-refractivity contribution in [2.24, 2.45) is 0 Å². The van der Waals surface area contributed by atoms with Crippen molar-refractivity contribution in [1.29, 1.82) is 0 Å². The number of aromatic nitrogens is 2. The number of nitrogens with one attached hydrogen (secondary N) is 2. The van der Waals surface area contributed by atoms with Crippen molar-refractivity contribution in [3.8, 4) is 11.6 Å². The number of carbonyl (C=O) groups excluding carboxylic acids is 1. The van der Waals surface area contributed by atoms with E-state index in [1.54, 1.807) is 12.1 Å². The average Bonchev–Trinajstić information content (AvgIpc) is 3.36. The summed E-state index contributed by atoms with van der Waals surface area (Å²) in [5.74, 6) is -0.703. The quantitative estimate of drug-likeness (QED) is 0.516. The third kappa shape index (κ3) is 4.14. The normalized spacial score (nSPS) is 11.9. The summed E-state index contributed by atoms with van der Waals surface area (Å²) in [6.07, 6.45) is 0. The molecule has 0 aliphatic carbocycles. The SMILES string of the molecule is Cc1cccc(C(NC(=O)c2ccc(-c3noc(=O)[nH]3)o2)c2ccc(Cl)cc2)c1. The highest BCUT2D eigenvalue weighted by Crippen LogP contribution is 2.26. The van der Waals surface area contributed by atoms with Gasteiger partial charge in [0.2, 0.25) is 5.82 Å². The van der Waals surface area contributed by atoms with Crippen LogP contribution in [0.4, 0.5) is 0 Å². The minimum absolute atomic E-state index is 0.0791. The van der Waals surface area contributed by atoms with E-state index >= 15 is 0 Å². The Labute approximate surface area is 170 Å². The van der Waals surface area contributed by atoms with Crippen molar-refractivity contribution in [1.82, 2.24) is 15.5 Å². The van der Waals surface area contributed by atoms with Gasteiger partial charge in [-0.15, -0.1) is 0 Å². The van der Waals surface area contributed by atoms with Gasteiger partial charge in [0, 0.05) is 5.02 Å². The van der Waals surface area contributed by atoms with Gasteiger partial charge in [-0.3, -0.25) is 14.3 Å². The summed E-state index contributed by atoms with van der Waals surface area (Å²) < 4.78 is 9.99. The lowest BCUT2D eigenvalue weighted by Gasteiger charge is -2.20. The van der Waals surface area contributed by atoms with Gasteiger partial charge in [-0.25, -0.2) is 4.79 Å². The van der Waals surface area contributed by atoms with E-state index in [0.29, 0.717) is 5.02 Å². The number of rotatable bonds is 5. The van der Waals surface area contributed by atoms with Crippen molar-refractivity contribution < 1.29 is 13.7 Å². The van der Waals surface area contributed by atoms with E-state index in [1.807, 2.05) is 43.3 Å². The molecule has 0 saturated carbocycles. The van der Waals surface area contributed by atoms with Crippen molar-refractivity contribution in [2.75, 3.05) is 0 Å². The summed E-state index contributed by atoms with van der Waals surface area (Å²) in [6.45, 7) is 1.99. The molecule has 2 heterocycles. The molecule has 0 aliphatic rings. The third-order valence-electron chi connectivity index (χ3n) is 4.36. The minimum Gasteiger partial charge on any atom is -0.448 e. The highest BCUT2D eigenvalue weighted by atomic mass is 35.5. The number of halogens is 1. The van der Waals surface area contributed by atoms with E-state index in [4.69, 9.17) is 16.0 Å². The van der Waals surface area contributed by atoms with Crippen LogP contribution >= 0.6 is 11.6 Å². The van der Waals surface area contributed by atoms with Gasteiger partial charge in [0.1, 0.15) is 0 Å². The number of hydrogen-bond donors (Lipinski definition) is 2. The second-order valence-corrected chi connectivity index (χ2v) is 6.92. The summed E-state index contributed by atoms with van der Waals surface area (Å²) in [4.78, 5) is 26.3. The number of H-pyrrole nitrogens is 1. The second kappa shape index (κ2) is 7.81. The van der Waals surface area contributed by atoms with Crippen LogP contribution in [0.3, 0.4) is 0 Å². The molecule has 0 bridgehead atoms. The Morgan fingerprint density at radius 3 is 2.59 bits per heavy atom. The molecule has 0 aliphatic heterocycles. The minimum atomic E-state index is -0.704. The number of aromatic amines is 1. The molecule has 0 spiro atoms. The zero-order valence-corrected chi connectivity index (χ0v) is 16.1. The van der Waals surface area contributed by atoms with Crippen LogP contribution in [-0.4, -0.2) is 16.0 Å². The van der Waals surface area contributed by atoms with E-state index in [9.17, 15) is 9.59 Å². The van der Waals surface area contributed by atoms with E-state index in [-0.39, 0.29) is 17.3 Å². The van der Waals surface area contributed by atoms with Crippen molar-refractivity contribution in [2.45, 2.75) is 13.0 Å². The van der Waals surface area contributed by atoms with Gasteiger partial charge < -0.3 is 9.73 Å². The van der Waals surface area contributed by atoms with Gasteiger partial charge in [0.15, 0.2) is 11.5 Å². The summed E-state index contributed by atoms with van der Waals surface area (Å²) in [7, 11) is 0. The van der Waals surface area contributed by atoms with Crippen LogP contribution in [0, 0.1) is 6.92 Å². The third-order valence-corrected chi connectivity index (χ3v) is 4.61. The highest BCUT2D eigenvalue weighted by molar-refractivity contribution is 6.30. The Balaban J connectivity index is 1.63. The lowest BCUT2D eigenvalue weighted by Crippen LogP contribution is -2.29. The van der Waals surface area contributed by atoms with Gasteiger partial charge >= 0.3 is 5.76 Å². The molecule has 1 atom stereocenters. The van der Waals surface area contributed by atoms with Gasteiger partial charge in [-0.2, -0.15) is 0 Å². The molecule has 0 fully saturated rings. The van der Waals surface area contributed by atoms with E-state index in [1.165, 1.54) is 12.1 Å². The van der Waals surface area contributed by atoms with E-state index in [2.05, 4.69) is 20.0 Å². The maximum Gasteiger partial charge on any atom is 0.439 e. The molecule has 0 saturated heterocycles. The zero-order valence-electron chi connectivity index (χ0n) is 15.3. The highest BCUT2D eigenvalue weighted by Gasteiger charge is 2.21. The number of hydrogen-bond acceptors (Lipinski definition) is 5. The first-order chi connectivity index (χ1) is 14.0. The van der Waals surface area contributed by atoms with Crippen LogP contribution in [0.2, 0.25) is 5.02 Å². The smallest absolute Gasteiger partial charge is 0.439 e. The number of nitrogens with zero attached hydrogens (tertiary/aromatic N) is 1. The maximum atomic E-state index is 12.9. The number of benzene rings is 2. The predicted octanol–water partition coefficient (Wildman–Crippen LogP) is 4.10. The first kappa shape index (κ1) is 18.8. The topological polar surface area (TPSA) is 101 Å². The summed E-state index contributed by atoms with van der Waals surface area (Å²) >= 11 is 6.01. The molecule has 8 heteroatoms. The largest absolute Gasteiger partial charge is 0.448 e. The van der Waals surface area contributed by atoms with Crippen LogP contribution in [-0.2, 0) is 0 Å². The van der Waals surface area contributed by atoms with Crippen LogP contribution in [0.25, 0.3) is 11.6 Å². The molecule has 0 radical (unpaired) electrons. The Kier molecular flexibility index (Phi) is 5.05. The second-order valence-electron chi connectivity index (χ2n) is 6.48. The van der Waals surface area contributed by atoms with Gasteiger partial charge in [-0.05, 0) is 42.3 Å². The van der Waals surface area contributed by atoms with E-state index in [0.717, 1.165) is 16.7 Å².